The second-order valence-electron chi connectivity index (χ2n) is 3.28. The lowest BCUT2D eigenvalue weighted by atomic mass is 10.0. The standard InChI is InChI=1S/C12H14ClNO2/c1-3-8(7-12(15)16-2)9-4-5-10(13)11(14)6-9/h4-7H,3,14H2,1-2H3/b8-7+. The van der Waals surface area contributed by atoms with Gasteiger partial charge in [0.25, 0.3) is 0 Å². The Morgan fingerprint density at radius 1 is 1.56 bits per heavy atom. The number of carbonyl (C=O) groups excluding carboxylic acids is 1. The molecule has 4 heteroatoms. The zero-order valence-electron chi connectivity index (χ0n) is 9.29. The van der Waals surface area contributed by atoms with Gasteiger partial charge < -0.3 is 10.5 Å². The van der Waals surface area contributed by atoms with Gasteiger partial charge in [0.05, 0.1) is 17.8 Å². The maximum atomic E-state index is 11.2. The van der Waals surface area contributed by atoms with Crippen molar-refractivity contribution in [1.82, 2.24) is 0 Å². The summed E-state index contributed by atoms with van der Waals surface area (Å²) in [4.78, 5) is 11.2. The highest BCUT2D eigenvalue weighted by Gasteiger charge is 2.05. The first-order valence-electron chi connectivity index (χ1n) is 4.92. The van der Waals surface area contributed by atoms with Gasteiger partial charge in [0.15, 0.2) is 0 Å². The second kappa shape index (κ2) is 5.56. The Kier molecular flexibility index (Phi) is 4.38. The van der Waals surface area contributed by atoms with Gasteiger partial charge in [-0.1, -0.05) is 24.6 Å². The minimum absolute atomic E-state index is 0.370. The third-order valence-corrected chi connectivity index (χ3v) is 2.59. The Balaban J connectivity index is 3.09. The molecule has 0 bridgehead atoms. The maximum Gasteiger partial charge on any atom is 0.330 e. The summed E-state index contributed by atoms with van der Waals surface area (Å²) >= 11 is 5.83. The molecule has 0 amide bonds. The molecular weight excluding hydrogens is 226 g/mol. The number of anilines is 1. The Hall–Kier alpha value is -1.48. The number of nitrogens with two attached hydrogens (primary N) is 1. The molecule has 0 aliphatic carbocycles. The lowest BCUT2D eigenvalue weighted by Gasteiger charge is -2.06. The fourth-order valence-corrected chi connectivity index (χ4v) is 1.45. The molecule has 1 rings (SSSR count). The molecule has 1 aromatic rings. The van der Waals surface area contributed by atoms with E-state index in [0.29, 0.717) is 10.7 Å². The first-order chi connectivity index (χ1) is 7.58. The van der Waals surface area contributed by atoms with E-state index in [4.69, 9.17) is 17.3 Å². The summed E-state index contributed by atoms with van der Waals surface area (Å²) in [7, 11) is 1.35. The van der Waals surface area contributed by atoms with Gasteiger partial charge in [-0.2, -0.15) is 0 Å². The van der Waals surface area contributed by atoms with E-state index < -0.39 is 0 Å². The van der Waals surface area contributed by atoms with Crippen molar-refractivity contribution >= 4 is 28.8 Å². The van der Waals surface area contributed by atoms with Crippen LogP contribution in [-0.4, -0.2) is 13.1 Å². The quantitative estimate of drug-likeness (QED) is 0.501. The van der Waals surface area contributed by atoms with Crippen LogP contribution in [-0.2, 0) is 9.53 Å². The molecule has 3 nitrogen and oxygen atoms in total. The molecule has 0 aliphatic heterocycles. The number of rotatable bonds is 3. The van der Waals surface area contributed by atoms with Crippen LogP contribution in [0.2, 0.25) is 5.02 Å². The van der Waals surface area contributed by atoms with Crippen LogP contribution in [0.5, 0.6) is 0 Å². The fourth-order valence-electron chi connectivity index (χ4n) is 1.33. The number of allylic oxidation sites excluding steroid dienone is 1. The normalized spacial score (nSPS) is 11.3. The number of carbonyl (C=O) groups is 1. The highest BCUT2D eigenvalue weighted by molar-refractivity contribution is 6.33. The Labute approximate surface area is 99.8 Å². The minimum Gasteiger partial charge on any atom is -0.466 e. The molecule has 0 aliphatic rings. The largest absolute Gasteiger partial charge is 0.466 e. The number of nitrogen functional groups attached to an aromatic ring is 1. The van der Waals surface area contributed by atoms with Crippen molar-refractivity contribution in [3.05, 3.63) is 34.9 Å². The fraction of sp³-hybridized carbons (Fsp3) is 0.250. The molecule has 0 aromatic heterocycles. The van der Waals surface area contributed by atoms with Gasteiger partial charge in [-0.05, 0) is 29.7 Å². The second-order valence-corrected chi connectivity index (χ2v) is 3.69. The van der Waals surface area contributed by atoms with Crippen molar-refractivity contribution in [2.24, 2.45) is 0 Å². The predicted molar refractivity (Wildman–Crippen MR) is 66.1 cm³/mol. The third kappa shape index (κ3) is 3.00. The summed E-state index contributed by atoms with van der Waals surface area (Å²) in [5, 5.41) is 0.511. The number of hydrogen-bond acceptors (Lipinski definition) is 3. The van der Waals surface area contributed by atoms with Gasteiger partial charge >= 0.3 is 5.97 Å². The van der Waals surface area contributed by atoms with Gasteiger partial charge in [-0.15, -0.1) is 0 Å². The van der Waals surface area contributed by atoms with Crippen molar-refractivity contribution in [2.45, 2.75) is 13.3 Å². The maximum absolute atomic E-state index is 11.2. The molecule has 0 atom stereocenters. The molecule has 0 heterocycles. The molecule has 86 valence electrons. The topological polar surface area (TPSA) is 52.3 Å². The molecule has 0 saturated carbocycles. The average molecular weight is 240 g/mol. The van der Waals surface area contributed by atoms with E-state index in [1.165, 1.54) is 13.2 Å². The molecule has 0 radical (unpaired) electrons. The van der Waals surface area contributed by atoms with E-state index in [0.717, 1.165) is 17.6 Å². The summed E-state index contributed by atoms with van der Waals surface area (Å²) in [5.74, 6) is -0.370. The molecule has 16 heavy (non-hydrogen) atoms. The number of hydrogen-bond donors (Lipinski definition) is 1. The van der Waals surface area contributed by atoms with Gasteiger partial charge in [0.2, 0.25) is 0 Å². The Bertz CT molecular complexity index is 427. The summed E-state index contributed by atoms with van der Waals surface area (Å²) in [6.07, 6.45) is 2.18. The monoisotopic (exact) mass is 239 g/mol. The lowest BCUT2D eigenvalue weighted by Crippen LogP contribution is -1.97. The molecule has 0 saturated heterocycles. The number of benzene rings is 1. The van der Waals surface area contributed by atoms with Crippen LogP contribution in [0.3, 0.4) is 0 Å². The first-order valence-corrected chi connectivity index (χ1v) is 5.30. The average Bonchev–Trinajstić information content (AvgIpc) is 2.29. The van der Waals surface area contributed by atoms with E-state index in [1.807, 2.05) is 13.0 Å². The van der Waals surface area contributed by atoms with Crippen molar-refractivity contribution in [3.63, 3.8) is 0 Å². The summed E-state index contributed by atoms with van der Waals surface area (Å²) in [6.45, 7) is 1.96. The van der Waals surface area contributed by atoms with Gasteiger partial charge in [0, 0.05) is 6.08 Å². The van der Waals surface area contributed by atoms with Crippen LogP contribution in [0.1, 0.15) is 18.9 Å². The van der Waals surface area contributed by atoms with Gasteiger partial charge in [-0.25, -0.2) is 4.79 Å². The molecular formula is C12H14ClNO2. The molecule has 0 unspecified atom stereocenters. The highest BCUT2D eigenvalue weighted by Crippen LogP contribution is 2.25. The SMILES string of the molecule is CC/C(=C\C(=O)OC)c1ccc(Cl)c(N)c1. The van der Waals surface area contributed by atoms with E-state index in [-0.39, 0.29) is 5.97 Å². The zero-order chi connectivity index (χ0) is 12.1. The minimum atomic E-state index is -0.370. The van der Waals surface area contributed by atoms with Crippen LogP contribution in [0.4, 0.5) is 5.69 Å². The summed E-state index contributed by atoms with van der Waals surface area (Å²) < 4.78 is 4.59. The number of halogens is 1. The van der Waals surface area contributed by atoms with E-state index >= 15 is 0 Å². The van der Waals surface area contributed by atoms with Gasteiger partial charge in [0.1, 0.15) is 0 Å². The van der Waals surface area contributed by atoms with Crippen LogP contribution < -0.4 is 5.73 Å². The zero-order valence-corrected chi connectivity index (χ0v) is 10.0. The highest BCUT2D eigenvalue weighted by atomic mass is 35.5. The Morgan fingerprint density at radius 3 is 2.75 bits per heavy atom. The summed E-state index contributed by atoms with van der Waals surface area (Å²) in [5.41, 5.74) is 7.96. The summed E-state index contributed by atoms with van der Waals surface area (Å²) in [6, 6.07) is 5.30. The van der Waals surface area contributed by atoms with E-state index in [1.54, 1.807) is 12.1 Å². The van der Waals surface area contributed by atoms with Crippen molar-refractivity contribution < 1.29 is 9.53 Å². The first kappa shape index (κ1) is 12.6. The molecule has 0 fully saturated rings. The van der Waals surface area contributed by atoms with E-state index in [9.17, 15) is 4.79 Å². The van der Waals surface area contributed by atoms with Crippen LogP contribution >= 0.6 is 11.6 Å². The van der Waals surface area contributed by atoms with Crippen LogP contribution in [0.15, 0.2) is 24.3 Å². The van der Waals surface area contributed by atoms with E-state index in [2.05, 4.69) is 4.74 Å². The van der Waals surface area contributed by atoms with Crippen molar-refractivity contribution in [2.75, 3.05) is 12.8 Å². The molecule has 2 N–H and O–H groups in total. The molecule has 0 spiro atoms. The van der Waals surface area contributed by atoms with Gasteiger partial charge in [-0.3, -0.25) is 0 Å². The van der Waals surface area contributed by atoms with Crippen LogP contribution in [0, 0.1) is 0 Å². The smallest absolute Gasteiger partial charge is 0.330 e. The van der Waals surface area contributed by atoms with Crippen molar-refractivity contribution in [1.29, 1.82) is 0 Å². The lowest BCUT2D eigenvalue weighted by molar-refractivity contribution is -0.134. The van der Waals surface area contributed by atoms with Crippen LogP contribution in [0.25, 0.3) is 5.57 Å². The third-order valence-electron chi connectivity index (χ3n) is 2.24. The molecule has 1 aromatic carbocycles. The number of esters is 1. The van der Waals surface area contributed by atoms with Crippen molar-refractivity contribution in [3.8, 4) is 0 Å². The Morgan fingerprint density at radius 2 is 2.25 bits per heavy atom. The number of ether oxygens (including phenoxy) is 1. The predicted octanol–water partition coefficient (Wildman–Crippen LogP) is 2.89. The number of methoxy groups -OCH3 is 1.